The number of carbonyl (C=O) groups excluding carboxylic acids is 1. The third-order valence-corrected chi connectivity index (χ3v) is 1.52. The molecule has 3 N–H and O–H groups in total. The third-order valence-electron chi connectivity index (χ3n) is 1.52. The Kier molecular flexibility index (Phi) is 9.95. The lowest BCUT2D eigenvalue weighted by atomic mass is 10.4. The Morgan fingerprint density at radius 2 is 1.86 bits per heavy atom. The summed E-state index contributed by atoms with van der Waals surface area (Å²) >= 11 is 0. The van der Waals surface area contributed by atoms with Crippen LogP contribution in [0.4, 0.5) is 0 Å². The van der Waals surface area contributed by atoms with Gasteiger partial charge in [0.2, 0.25) is 5.91 Å². The summed E-state index contributed by atoms with van der Waals surface area (Å²) in [7, 11) is 0. The molecule has 0 aliphatic heterocycles. The molecule has 0 aliphatic carbocycles. The second-order valence-corrected chi connectivity index (χ2v) is 2.72. The van der Waals surface area contributed by atoms with Gasteiger partial charge in [0.15, 0.2) is 0 Å². The van der Waals surface area contributed by atoms with Crippen LogP contribution in [0.3, 0.4) is 0 Å². The molecule has 1 amide bonds. The molecule has 0 aromatic heterocycles. The number of rotatable bonds is 9. The molecule has 0 aromatic rings. The minimum absolute atomic E-state index is 0.0491. The Labute approximate surface area is 84.9 Å². The fraction of sp³-hybridized carbons (Fsp3) is 0.889. The van der Waals surface area contributed by atoms with Crippen molar-refractivity contribution in [3.63, 3.8) is 0 Å². The lowest BCUT2D eigenvalue weighted by molar-refractivity contribution is -0.121. The largest absolute Gasteiger partial charge is 0.378 e. The number of nitrogens with one attached hydrogen (secondary N) is 1. The minimum atomic E-state index is 0.0491. The molecule has 0 atom stereocenters. The van der Waals surface area contributed by atoms with Gasteiger partial charge in [-0.2, -0.15) is 0 Å². The van der Waals surface area contributed by atoms with Crippen molar-refractivity contribution >= 4 is 5.91 Å². The summed E-state index contributed by atoms with van der Waals surface area (Å²) in [5, 5.41) is 2.71. The normalized spacial score (nSPS) is 10.1. The summed E-state index contributed by atoms with van der Waals surface area (Å²) in [6.07, 6.45) is 0.514. The van der Waals surface area contributed by atoms with E-state index in [1.54, 1.807) is 0 Å². The number of nitrogens with two attached hydrogens (primary N) is 1. The van der Waals surface area contributed by atoms with Gasteiger partial charge in [-0.15, -0.1) is 0 Å². The standard InChI is InChI=1S/C9H20N2O3/c1-2-9(12)11-4-6-14-8-7-13-5-3-10/h2-8,10H2,1H3,(H,11,12). The van der Waals surface area contributed by atoms with Crippen LogP contribution in [0.25, 0.3) is 0 Å². The predicted molar refractivity (Wildman–Crippen MR) is 54.0 cm³/mol. The van der Waals surface area contributed by atoms with Crippen molar-refractivity contribution in [2.45, 2.75) is 13.3 Å². The number of ether oxygens (including phenoxy) is 2. The van der Waals surface area contributed by atoms with E-state index in [1.165, 1.54) is 0 Å². The lowest BCUT2D eigenvalue weighted by Crippen LogP contribution is -2.26. The second-order valence-electron chi connectivity index (χ2n) is 2.72. The fourth-order valence-corrected chi connectivity index (χ4v) is 0.793. The molecule has 0 radical (unpaired) electrons. The van der Waals surface area contributed by atoms with Crippen molar-refractivity contribution in [3.8, 4) is 0 Å². The second kappa shape index (κ2) is 10.4. The summed E-state index contributed by atoms with van der Waals surface area (Å²) in [6.45, 7) is 5.10. The Balaban J connectivity index is 2.95. The summed E-state index contributed by atoms with van der Waals surface area (Å²) in [5.41, 5.74) is 5.23. The molecular formula is C9H20N2O3. The molecule has 0 heterocycles. The Hall–Kier alpha value is -0.650. The minimum Gasteiger partial charge on any atom is -0.378 e. The maximum Gasteiger partial charge on any atom is 0.219 e. The van der Waals surface area contributed by atoms with Gasteiger partial charge in [0.25, 0.3) is 0 Å². The van der Waals surface area contributed by atoms with Gasteiger partial charge in [-0.05, 0) is 0 Å². The summed E-state index contributed by atoms with van der Waals surface area (Å²) < 4.78 is 10.3. The van der Waals surface area contributed by atoms with E-state index in [4.69, 9.17) is 15.2 Å². The summed E-state index contributed by atoms with van der Waals surface area (Å²) in [5.74, 6) is 0.0491. The predicted octanol–water partition coefficient (Wildman–Crippen LogP) is -0.495. The van der Waals surface area contributed by atoms with Crippen LogP contribution in [0.2, 0.25) is 0 Å². The molecule has 0 spiro atoms. The summed E-state index contributed by atoms with van der Waals surface area (Å²) in [4.78, 5) is 10.8. The van der Waals surface area contributed by atoms with Crippen molar-refractivity contribution in [3.05, 3.63) is 0 Å². The van der Waals surface area contributed by atoms with Crippen molar-refractivity contribution in [1.82, 2.24) is 5.32 Å². The van der Waals surface area contributed by atoms with E-state index in [0.717, 1.165) is 0 Å². The van der Waals surface area contributed by atoms with Crippen LogP contribution >= 0.6 is 0 Å². The zero-order chi connectivity index (χ0) is 10.6. The molecule has 5 heteroatoms. The van der Waals surface area contributed by atoms with Gasteiger partial charge < -0.3 is 20.5 Å². The van der Waals surface area contributed by atoms with E-state index < -0.39 is 0 Å². The van der Waals surface area contributed by atoms with E-state index >= 15 is 0 Å². The van der Waals surface area contributed by atoms with Crippen LogP contribution in [0.5, 0.6) is 0 Å². The van der Waals surface area contributed by atoms with Crippen molar-refractivity contribution in [2.24, 2.45) is 5.73 Å². The quantitative estimate of drug-likeness (QED) is 0.497. The maximum absolute atomic E-state index is 10.8. The smallest absolute Gasteiger partial charge is 0.219 e. The monoisotopic (exact) mass is 204 g/mol. The van der Waals surface area contributed by atoms with Gasteiger partial charge in [0.1, 0.15) is 0 Å². The van der Waals surface area contributed by atoms with E-state index in [1.807, 2.05) is 6.92 Å². The first kappa shape index (κ1) is 13.4. The fourth-order valence-electron chi connectivity index (χ4n) is 0.793. The molecule has 0 saturated carbocycles. The molecule has 0 aromatic carbocycles. The number of hydrogen-bond donors (Lipinski definition) is 2. The van der Waals surface area contributed by atoms with Crippen LogP contribution in [0, 0.1) is 0 Å². The molecule has 84 valence electrons. The van der Waals surface area contributed by atoms with Crippen LogP contribution in [-0.4, -0.2) is 45.4 Å². The molecule has 0 saturated heterocycles. The van der Waals surface area contributed by atoms with E-state index in [0.29, 0.717) is 45.9 Å². The highest BCUT2D eigenvalue weighted by atomic mass is 16.5. The molecule has 0 rings (SSSR count). The van der Waals surface area contributed by atoms with Crippen molar-refractivity contribution in [2.75, 3.05) is 39.5 Å². The van der Waals surface area contributed by atoms with Crippen LogP contribution in [0.1, 0.15) is 13.3 Å². The van der Waals surface area contributed by atoms with Crippen LogP contribution < -0.4 is 11.1 Å². The zero-order valence-electron chi connectivity index (χ0n) is 8.75. The Bertz CT molecular complexity index is 142. The lowest BCUT2D eigenvalue weighted by Gasteiger charge is -2.05. The summed E-state index contributed by atoms with van der Waals surface area (Å²) in [6, 6.07) is 0. The molecule has 0 fully saturated rings. The van der Waals surface area contributed by atoms with Crippen LogP contribution in [-0.2, 0) is 14.3 Å². The van der Waals surface area contributed by atoms with Gasteiger partial charge in [-0.1, -0.05) is 6.92 Å². The SMILES string of the molecule is CCC(=O)NCCOCCOCCN. The Morgan fingerprint density at radius 1 is 1.21 bits per heavy atom. The first-order chi connectivity index (χ1) is 6.81. The molecular weight excluding hydrogens is 184 g/mol. The third kappa shape index (κ3) is 9.44. The van der Waals surface area contributed by atoms with Crippen molar-refractivity contribution in [1.29, 1.82) is 0 Å². The first-order valence-electron chi connectivity index (χ1n) is 4.93. The number of carbonyl (C=O) groups is 1. The van der Waals surface area contributed by atoms with E-state index in [-0.39, 0.29) is 5.91 Å². The topological polar surface area (TPSA) is 73.6 Å². The van der Waals surface area contributed by atoms with Gasteiger partial charge in [0, 0.05) is 19.5 Å². The molecule has 14 heavy (non-hydrogen) atoms. The average molecular weight is 204 g/mol. The van der Waals surface area contributed by atoms with Gasteiger partial charge in [-0.25, -0.2) is 0 Å². The highest BCUT2D eigenvalue weighted by molar-refractivity contribution is 5.75. The highest BCUT2D eigenvalue weighted by Crippen LogP contribution is 1.78. The highest BCUT2D eigenvalue weighted by Gasteiger charge is 1.94. The number of hydrogen-bond acceptors (Lipinski definition) is 4. The van der Waals surface area contributed by atoms with Gasteiger partial charge in [-0.3, -0.25) is 4.79 Å². The molecule has 5 nitrogen and oxygen atoms in total. The van der Waals surface area contributed by atoms with Crippen LogP contribution in [0.15, 0.2) is 0 Å². The van der Waals surface area contributed by atoms with E-state index in [9.17, 15) is 4.79 Å². The van der Waals surface area contributed by atoms with Gasteiger partial charge in [0.05, 0.1) is 26.4 Å². The number of amides is 1. The maximum atomic E-state index is 10.8. The zero-order valence-corrected chi connectivity index (χ0v) is 8.75. The average Bonchev–Trinajstić information content (AvgIpc) is 2.21. The van der Waals surface area contributed by atoms with Crippen molar-refractivity contribution < 1.29 is 14.3 Å². The van der Waals surface area contributed by atoms with Gasteiger partial charge >= 0.3 is 0 Å². The first-order valence-corrected chi connectivity index (χ1v) is 4.93. The van der Waals surface area contributed by atoms with E-state index in [2.05, 4.69) is 5.32 Å². The molecule has 0 bridgehead atoms. The molecule has 0 aliphatic rings. The molecule has 0 unspecified atom stereocenters. The Morgan fingerprint density at radius 3 is 2.43 bits per heavy atom.